The first-order chi connectivity index (χ1) is 16.0. The van der Waals surface area contributed by atoms with Gasteiger partial charge in [-0.05, 0) is 35.2 Å². The van der Waals surface area contributed by atoms with E-state index in [4.69, 9.17) is 0 Å². The van der Waals surface area contributed by atoms with Gasteiger partial charge in [-0.2, -0.15) is 0 Å². The number of anilines is 1. The zero-order valence-electron chi connectivity index (χ0n) is 19.3. The molecule has 1 aliphatic heterocycles. The van der Waals surface area contributed by atoms with Crippen molar-refractivity contribution in [3.05, 3.63) is 90.0 Å². The van der Waals surface area contributed by atoms with Crippen molar-refractivity contribution in [3.8, 4) is 11.1 Å². The maximum absolute atomic E-state index is 12.9. The number of carbonyl (C=O) groups excluding carboxylic acids is 2. The molecule has 0 unspecified atom stereocenters. The number of hydrogen-bond acceptors (Lipinski definition) is 3. The zero-order chi connectivity index (χ0) is 23.2. The molecule has 0 aromatic heterocycles. The predicted octanol–water partition coefficient (Wildman–Crippen LogP) is 4.87. The van der Waals surface area contributed by atoms with Crippen LogP contribution in [0.5, 0.6) is 0 Å². The van der Waals surface area contributed by atoms with Gasteiger partial charge in [0.25, 0.3) is 5.91 Å². The van der Waals surface area contributed by atoms with E-state index in [1.165, 1.54) is 5.56 Å². The van der Waals surface area contributed by atoms with E-state index in [1.54, 1.807) is 0 Å². The molecule has 0 saturated carbocycles. The molecule has 5 nitrogen and oxygen atoms in total. The summed E-state index contributed by atoms with van der Waals surface area (Å²) in [6.45, 7) is 7.22. The molecule has 2 amide bonds. The largest absolute Gasteiger partial charge is 0.336 e. The lowest BCUT2D eigenvalue weighted by atomic mass is 10.0. The van der Waals surface area contributed by atoms with Gasteiger partial charge in [0, 0.05) is 43.0 Å². The van der Waals surface area contributed by atoms with Crippen molar-refractivity contribution in [1.29, 1.82) is 0 Å². The second-order valence-corrected chi connectivity index (χ2v) is 8.80. The fraction of sp³-hybridized carbons (Fsp3) is 0.286. The molecule has 4 rings (SSSR count). The number of para-hydroxylation sites is 1. The van der Waals surface area contributed by atoms with Crippen LogP contribution in [0.4, 0.5) is 5.69 Å². The molecule has 1 N–H and O–H groups in total. The summed E-state index contributed by atoms with van der Waals surface area (Å²) in [5.41, 5.74) is 4.85. The third-order valence-corrected chi connectivity index (χ3v) is 6.14. The van der Waals surface area contributed by atoms with Gasteiger partial charge < -0.3 is 10.2 Å². The Labute approximate surface area is 196 Å². The number of hydrogen-bond donors (Lipinski definition) is 1. The number of rotatable bonds is 6. The molecule has 1 saturated heterocycles. The van der Waals surface area contributed by atoms with E-state index in [0.29, 0.717) is 38.6 Å². The lowest BCUT2D eigenvalue weighted by Gasteiger charge is -2.34. The summed E-state index contributed by atoms with van der Waals surface area (Å²) in [6, 6.07) is 25.8. The minimum Gasteiger partial charge on any atom is -0.336 e. The predicted molar refractivity (Wildman–Crippen MR) is 133 cm³/mol. The topological polar surface area (TPSA) is 52.7 Å². The number of piperazine rings is 1. The Hall–Kier alpha value is -3.44. The van der Waals surface area contributed by atoms with Crippen molar-refractivity contribution in [2.24, 2.45) is 0 Å². The highest BCUT2D eigenvalue weighted by atomic mass is 16.2. The Morgan fingerprint density at radius 1 is 0.818 bits per heavy atom. The summed E-state index contributed by atoms with van der Waals surface area (Å²) < 4.78 is 0. The van der Waals surface area contributed by atoms with E-state index in [0.717, 1.165) is 22.4 Å². The molecular formula is C28H31N3O2. The average molecular weight is 442 g/mol. The maximum Gasteiger partial charge on any atom is 0.253 e. The quantitative estimate of drug-likeness (QED) is 0.594. The molecule has 1 aliphatic rings. The Morgan fingerprint density at radius 2 is 1.45 bits per heavy atom. The van der Waals surface area contributed by atoms with E-state index in [9.17, 15) is 9.59 Å². The number of nitrogens with one attached hydrogen (secondary N) is 1. The highest BCUT2D eigenvalue weighted by molar-refractivity contribution is 5.97. The van der Waals surface area contributed by atoms with Crippen LogP contribution in [-0.4, -0.2) is 54.3 Å². The highest BCUT2D eigenvalue weighted by Crippen LogP contribution is 2.27. The smallest absolute Gasteiger partial charge is 0.253 e. The van der Waals surface area contributed by atoms with Crippen molar-refractivity contribution in [3.63, 3.8) is 0 Å². The Kier molecular flexibility index (Phi) is 7.20. The molecule has 3 aromatic carbocycles. The molecule has 0 spiro atoms. The van der Waals surface area contributed by atoms with Gasteiger partial charge in [-0.3, -0.25) is 14.5 Å². The first kappa shape index (κ1) is 22.7. The average Bonchev–Trinajstić information content (AvgIpc) is 2.85. The van der Waals surface area contributed by atoms with Crippen LogP contribution in [0.15, 0.2) is 78.9 Å². The lowest BCUT2D eigenvalue weighted by Crippen LogP contribution is -2.50. The molecule has 3 aromatic rings. The van der Waals surface area contributed by atoms with Crippen molar-refractivity contribution in [2.45, 2.75) is 19.8 Å². The molecule has 0 atom stereocenters. The van der Waals surface area contributed by atoms with Crippen molar-refractivity contribution < 1.29 is 9.59 Å². The summed E-state index contributed by atoms with van der Waals surface area (Å²) in [7, 11) is 0. The Balaban J connectivity index is 1.31. The van der Waals surface area contributed by atoms with Crippen LogP contribution in [0.1, 0.15) is 35.7 Å². The molecule has 170 valence electrons. The van der Waals surface area contributed by atoms with Crippen LogP contribution in [0.3, 0.4) is 0 Å². The number of amides is 2. The molecule has 0 bridgehead atoms. The van der Waals surface area contributed by atoms with Gasteiger partial charge in [0.1, 0.15) is 0 Å². The van der Waals surface area contributed by atoms with E-state index < -0.39 is 0 Å². The van der Waals surface area contributed by atoms with Gasteiger partial charge in [-0.25, -0.2) is 0 Å². The van der Waals surface area contributed by atoms with E-state index >= 15 is 0 Å². The van der Waals surface area contributed by atoms with E-state index in [1.807, 2.05) is 83.8 Å². The van der Waals surface area contributed by atoms with E-state index in [2.05, 4.69) is 24.1 Å². The lowest BCUT2D eigenvalue weighted by molar-refractivity contribution is -0.117. The normalized spacial score (nSPS) is 14.3. The van der Waals surface area contributed by atoms with Crippen molar-refractivity contribution >= 4 is 17.5 Å². The monoisotopic (exact) mass is 441 g/mol. The third kappa shape index (κ3) is 5.68. The van der Waals surface area contributed by atoms with Gasteiger partial charge in [-0.1, -0.05) is 74.5 Å². The van der Waals surface area contributed by atoms with Crippen LogP contribution < -0.4 is 5.32 Å². The highest BCUT2D eigenvalue weighted by Gasteiger charge is 2.23. The Morgan fingerprint density at radius 3 is 2.12 bits per heavy atom. The molecule has 1 fully saturated rings. The first-order valence-electron chi connectivity index (χ1n) is 11.6. The van der Waals surface area contributed by atoms with E-state index in [-0.39, 0.29) is 11.8 Å². The van der Waals surface area contributed by atoms with Crippen molar-refractivity contribution in [1.82, 2.24) is 9.80 Å². The molecule has 1 heterocycles. The Bertz CT molecular complexity index is 1090. The van der Waals surface area contributed by atoms with Gasteiger partial charge in [0.15, 0.2) is 0 Å². The summed E-state index contributed by atoms with van der Waals surface area (Å²) >= 11 is 0. The van der Waals surface area contributed by atoms with Crippen LogP contribution >= 0.6 is 0 Å². The SMILES string of the molecule is CC(C)c1ccc(C(=O)N2CCN(CC(=O)Nc3ccccc3-c3ccccc3)CC2)cc1. The fourth-order valence-electron chi connectivity index (χ4n) is 4.16. The second-order valence-electron chi connectivity index (χ2n) is 8.80. The number of carbonyl (C=O) groups is 2. The van der Waals surface area contributed by atoms with Crippen LogP contribution in [0, 0.1) is 0 Å². The summed E-state index contributed by atoms with van der Waals surface area (Å²) in [5.74, 6) is 0.470. The van der Waals surface area contributed by atoms with Crippen LogP contribution in [-0.2, 0) is 4.79 Å². The minimum atomic E-state index is -0.0394. The second kappa shape index (κ2) is 10.5. The van der Waals surface area contributed by atoms with Crippen LogP contribution in [0.25, 0.3) is 11.1 Å². The van der Waals surface area contributed by atoms with Gasteiger partial charge in [0.2, 0.25) is 5.91 Å². The standard InChI is InChI=1S/C28H31N3O2/c1-21(2)22-12-14-24(15-13-22)28(33)31-18-16-30(17-19-31)20-27(32)29-26-11-7-6-10-25(26)23-8-4-3-5-9-23/h3-15,21H,16-20H2,1-2H3,(H,29,32). The van der Waals surface area contributed by atoms with Crippen LogP contribution in [0.2, 0.25) is 0 Å². The van der Waals surface area contributed by atoms with Gasteiger partial charge in [-0.15, -0.1) is 0 Å². The summed E-state index contributed by atoms with van der Waals surface area (Å²) in [4.78, 5) is 29.6. The van der Waals surface area contributed by atoms with Gasteiger partial charge >= 0.3 is 0 Å². The third-order valence-electron chi connectivity index (χ3n) is 6.14. The first-order valence-corrected chi connectivity index (χ1v) is 11.6. The van der Waals surface area contributed by atoms with Gasteiger partial charge in [0.05, 0.1) is 6.54 Å². The minimum absolute atomic E-state index is 0.0394. The number of benzene rings is 3. The molecule has 5 heteroatoms. The summed E-state index contributed by atoms with van der Waals surface area (Å²) in [5, 5.41) is 3.07. The van der Waals surface area contributed by atoms with Crippen molar-refractivity contribution in [2.75, 3.05) is 38.0 Å². The number of nitrogens with zero attached hydrogens (tertiary/aromatic N) is 2. The molecular weight excluding hydrogens is 410 g/mol. The molecule has 0 aliphatic carbocycles. The molecule has 33 heavy (non-hydrogen) atoms. The zero-order valence-corrected chi connectivity index (χ0v) is 19.3. The summed E-state index contributed by atoms with van der Waals surface area (Å²) in [6.07, 6.45) is 0. The maximum atomic E-state index is 12.9. The fourth-order valence-corrected chi connectivity index (χ4v) is 4.16. The molecule has 0 radical (unpaired) electrons.